The highest BCUT2D eigenvalue weighted by Gasteiger charge is 2.24. The minimum Gasteiger partial charge on any atom is -0.309 e. The number of hydrogen-bond acceptors (Lipinski definition) is 0. The van der Waals surface area contributed by atoms with E-state index in [1.54, 1.807) is 0 Å². The molecule has 0 saturated heterocycles. The van der Waals surface area contributed by atoms with Crippen LogP contribution in [-0.2, 0) is 16.2 Å². The maximum Gasteiger partial charge on any atom is 0.0541 e. The maximum atomic E-state index is 2.47. The molecule has 0 unspecified atom stereocenters. The first kappa shape index (κ1) is 40.4. The lowest BCUT2D eigenvalue weighted by atomic mass is 9.79. The summed E-state index contributed by atoms with van der Waals surface area (Å²) in [5.41, 5.74) is 17.6. The Morgan fingerprint density at radius 3 is 1.10 bits per heavy atom. The lowest BCUT2D eigenvalue weighted by molar-refractivity contribution is 0.590. The molecule has 0 atom stereocenters. The maximum absolute atomic E-state index is 2.47. The Bertz CT molecular complexity index is 3320. The van der Waals surface area contributed by atoms with Crippen LogP contribution >= 0.6 is 0 Å². The van der Waals surface area contributed by atoms with E-state index >= 15 is 0 Å². The summed E-state index contributed by atoms with van der Waals surface area (Å²) >= 11 is 0. The summed E-state index contributed by atoms with van der Waals surface area (Å²) in [7, 11) is 0. The van der Waals surface area contributed by atoms with Crippen molar-refractivity contribution in [1.29, 1.82) is 0 Å². The highest BCUT2D eigenvalue weighted by molar-refractivity contribution is 6.22. The van der Waals surface area contributed by atoms with Gasteiger partial charge >= 0.3 is 0 Å². The van der Waals surface area contributed by atoms with Crippen molar-refractivity contribution in [3.63, 3.8) is 0 Å². The van der Waals surface area contributed by atoms with Crippen molar-refractivity contribution in [2.75, 3.05) is 0 Å². The van der Waals surface area contributed by atoms with Gasteiger partial charge in [-0.2, -0.15) is 0 Å². The number of para-hydroxylation sites is 1. The van der Waals surface area contributed by atoms with Crippen molar-refractivity contribution >= 4 is 43.4 Å². The Balaban J connectivity index is 1.17. The van der Waals surface area contributed by atoms with Crippen LogP contribution in [0.25, 0.3) is 93.5 Å². The van der Waals surface area contributed by atoms with Crippen LogP contribution in [0.15, 0.2) is 182 Å². The van der Waals surface area contributed by atoms with Gasteiger partial charge in [0.2, 0.25) is 0 Å². The topological polar surface area (TPSA) is 4.93 Å². The van der Waals surface area contributed by atoms with E-state index in [2.05, 4.69) is 249 Å². The van der Waals surface area contributed by atoms with Crippen LogP contribution in [0.3, 0.4) is 0 Å². The Morgan fingerprint density at radius 2 is 0.619 bits per heavy atom. The fourth-order valence-corrected chi connectivity index (χ4v) is 9.60. The SMILES string of the molecule is CC(C)(C)c1ccc2c(-c3ccc(-c4ccc5c(c4)c4cc(C(C)(C)C)ccc4n5-c4ccccc4)cc3)c3cc(C(C)(C)C)ccc3c(-c3ccc(-c4ccccc4)cc3)c2c1. The van der Waals surface area contributed by atoms with Crippen molar-refractivity contribution in [3.8, 4) is 50.2 Å². The predicted molar refractivity (Wildman–Crippen MR) is 274 cm³/mol. The van der Waals surface area contributed by atoms with Crippen LogP contribution in [0.2, 0.25) is 0 Å². The molecular weight excluding hydrogens is 759 g/mol. The van der Waals surface area contributed by atoms with E-state index in [0.717, 1.165) is 0 Å². The predicted octanol–water partition coefficient (Wildman–Crippen LogP) is 17.7. The van der Waals surface area contributed by atoms with Gasteiger partial charge in [-0.15, -0.1) is 0 Å². The van der Waals surface area contributed by atoms with Crippen molar-refractivity contribution in [2.24, 2.45) is 0 Å². The molecule has 1 heteroatoms. The van der Waals surface area contributed by atoms with Gasteiger partial charge in [0.1, 0.15) is 0 Å². The van der Waals surface area contributed by atoms with Gasteiger partial charge < -0.3 is 4.57 Å². The molecule has 1 heterocycles. The second kappa shape index (κ2) is 15.0. The van der Waals surface area contributed by atoms with E-state index in [4.69, 9.17) is 0 Å². The highest BCUT2D eigenvalue weighted by Crippen LogP contribution is 2.47. The van der Waals surface area contributed by atoms with Gasteiger partial charge in [0, 0.05) is 16.5 Å². The molecule has 0 aliphatic heterocycles. The van der Waals surface area contributed by atoms with E-state index in [0.29, 0.717) is 0 Å². The van der Waals surface area contributed by atoms with E-state index < -0.39 is 0 Å². The van der Waals surface area contributed by atoms with Crippen molar-refractivity contribution in [2.45, 2.75) is 78.6 Å². The zero-order valence-electron chi connectivity index (χ0n) is 38.3. The molecule has 0 fully saturated rings. The van der Waals surface area contributed by atoms with Crippen LogP contribution in [0.1, 0.15) is 79.0 Å². The molecule has 0 saturated carbocycles. The molecule has 1 aromatic heterocycles. The largest absolute Gasteiger partial charge is 0.309 e. The van der Waals surface area contributed by atoms with E-state index in [-0.39, 0.29) is 16.2 Å². The van der Waals surface area contributed by atoms with Crippen molar-refractivity contribution < 1.29 is 0 Å². The molecule has 9 aromatic carbocycles. The standard InChI is InChI=1S/C62H57N/c1-60(2,3)46-30-33-51-54(38-46)58(43-24-20-41(21-25-43)40-16-12-10-13-17-40)50-32-29-47(61(4,5)6)39-55(50)59(51)44-26-22-42(23-27-44)45-28-34-56-52(36-45)53-37-48(62(7,8)9)31-35-57(53)63(56)49-18-14-11-15-19-49/h10-39H,1-9H3. The van der Waals surface area contributed by atoms with Crippen LogP contribution in [0, 0.1) is 0 Å². The first-order valence-electron chi connectivity index (χ1n) is 22.6. The van der Waals surface area contributed by atoms with Crippen molar-refractivity contribution in [1.82, 2.24) is 4.57 Å². The third-order valence-electron chi connectivity index (χ3n) is 13.3. The fraction of sp³-hybridized carbons (Fsp3) is 0.194. The summed E-state index contributed by atoms with van der Waals surface area (Å²) in [4.78, 5) is 0. The van der Waals surface area contributed by atoms with Gasteiger partial charge in [0.25, 0.3) is 0 Å². The normalized spacial score (nSPS) is 12.5. The molecule has 0 radical (unpaired) electrons. The summed E-state index contributed by atoms with van der Waals surface area (Å²) in [6.07, 6.45) is 0. The molecule has 310 valence electrons. The van der Waals surface area contributed by atoms with Gasteiger partial charge in [-0.3, -0.25) is 0 Å². The van der Waals surface area contributed by atoms with Crippen LogP contribution in [0.5, 0.6) is 0 Å². The molecule has 0 spiro atoms. The smallest absolute Gasteiger partial charge is 0.0541 e. The molecule has 0 amide bonds. The Hall–Kier alpha value is -6.70. The molecule has 63 heavy (non-hydrogen) atoms. The van der Waals surface area contributed by atoms with Gasteiger partial charge in [0.05, 0.1) is 11.0 Å². The Morgan fingerprint density at radius 1 is 0.270 bits per heavy atom. The minimum absolute atomic E-state index is 0.00169. The summed E-state index contributed by atoms with van der Waals surface area (Å²) in [6.45, 7) is 20.8. The van der Waals surface area contributed by atoms with Crippen molar-refractivity contribution in [3.05, 3.63) is 199 Å². The first-order valence-corrected chi connectivity index (χ1v) is 22.6. The van der Waals surface area contributed by atoms with Crippen LogP contribution in [0.4, 0.5) is 0 Å². The number of benzene rings is 9. The summed E-state index contributed by atoms with van der Waals surface area (Å²) < 4.78 is 2.42. The van der Waals surface area contributed by atoms with E-state index in [1.165, 1.54) is 110 Å². The summed E-state index contributed by atoms with van der Waals surface area (Å²) in [6, 6.07) is 68.5. The fourth-order valence-electron chi connectivity index (χ4n) is 9.60. The molecule has 10 aromatic rings. The van der Waals surface area contributed by atoms with E-state index in [1.807, 2.05) is 0 Å². The summed E-state index contributed by atoms with van der Waals surface area (Å²) in [5, 5.41) is 7.70. The number of rotatable bonds is 5. The van der Waals surface area contributed by atoms with Crippen LogP contribution in [-0.4, -0.2) is 4.57 Å². The Kier molecular flexibility index (Phi) is 9.61. The monoisotopic (exact) mass is 815 g/mol. The molecule has 0 N–H and O–H groups in total. The zero-order chi connectivity index (χ0) is 43.8. The number of nitrogens with zero attached hydrogens (tertiary/aromatic N) is 1. The summed E-state index contributed by atoms with van der Waals surface area (Å²) in [5.74, 6) is 0. The first-order chi connectivity index (χ1) is 30.1. The second-order valence-electron chi connectivity index (χ2n) is 20.7. The minimum atomic E-state index is -0.00617. The molecule has 0 aliphatic carbocycles. The number of fused-ring (bicyclic) bond motifs is 5. The number of aromatic nitrogens is 1. The second-order valence-corrected chi connectivity index (χ2v) is 20.7. The third kappa shape index (κ3) is 7.24. The Labute approximate surface area is 373 Å². The molecule has 10 rings (SSSR count). The average Bonchev–Trinajstić information content (AvgIpc) is 3.61. The number of hydrogen-bond donors (Lipinski definition) is 0. The lowest BCUT2D eigenvalue weighted by Gasteiger charge is -2.25. The quantitative estimate of drug-likeness (QED) is 0.153. The van der Waals surface area contributed by atoms with Gasteiger partial charge in [-0.1, -0.05) is 196 Å². The average molecular weight is 816 g/mol. The highest BCUT2D eigenvalue weighted by atomic mass is 15.0. The third-order valence-corrected chi connectivity index (χ3v) is 13.3. The molecule has 0 bridgehead atoms. The molecule has 1 nitrogen and oxygen atoms in total. The van der Waals surface area contributed by atoms with E-state index in [9.17, 15) is 0 Å². The van der Waals surface area contributed by atoms with Gasteiger partial charge in [-0.25, -0.2) is 0 Å². The lowest BCUT2D eigenvalue weighted by Crippen LogP contribution is -2.11. The molecule has 0 aliphatic rings. The molecular formula is C62H57N. The van der Waals surface area contributed by atoms with Gasteiger partial charge in [-0.05, 0) is 148 Å². The zero-order valence-corrected chi connectivity index (χ0v) is 38.3. The van der Waals surface area contributed by atoms with Gasteiger partial charge in [0.15, 0.2) is 0 Å². The van der Waals surface area contributed by atoms with Crippen LogP contribution < -0.4 is 0 Å².